The number of nitrogens with zero attached hydrogens (tertiary/aromatic N) is 3. The molecule has 1 heterocycles. The summed E-state index contributed by atoms with van der Waals surface area (Å²) in [5.74, 6) is 0. The monoisotopic (exact) mass is 272 g/mol. The van der Waals surface area contributed by atoms with Gasteiger partial charge in [0, 0.05) is 24.7 Å². The zero-order valence-corrected chi connectivity index (χ0v) is 11.9. The third kappa shape index (κ3) is 3.31. The third-order valence-corrected chi connectivity index (χ3v) is 3.73. The van der Waals surface area contributed by atoms with E-state index in [0.29, 0.717) is 5.56 Å². The maximum atomic E-state index is 8.79. The first-order chi connectivity index (χ1) is 9.24. The molecule has 4 nitrogen and oxygen atoms in total. The molecule has 5 heteroatoms. The lowest BCUT2D eigenvalue weighted by molar-refractivity contribution is 0.714. The number of aromatic nitrogens is 1. The van der Waals surface area contributed by atoms with E-state index < -0.39 is 0 Å². The van der Waals surface area contributed by atoms with E-state index in [9.17, 15) is 0 Å². The van der Waals surface area contributed by atoms with Gasteiger partial charge in [0.05, 0.1) is 17.3 Å². The average molecular weight is 272 g/mol. The van der Waals surface area contributed by atoms with Crippen molar-refractivity contribution in [1.29, 1.82) is 5.26 Å². The van der Waals surface area contributed by atoms with E-state index in [-0.39, 0.29) is 0 Å². The molecule has 0 spiro atoms. The van der Waals surface area contributed by atoms with Gasteiger partial charge in [-0.15, -0.1) is 11.3 Å². The molecule has 0 bridgehead atoms. The number of anilines is 2. The number of thiazole rings is 1. The van der Waals surface area contributed by atoms with Gasteiger partial charge in [-0.2, -0.15) is 5.26 Å². The average Bonchev–Trinajstić information content (AvgIpc) is 2.93. The zero-order chi connectivity index (χ0) is 13.7. The van der Waals surface area contributed by atoms with Crippen LogP contribution >= 0.6 is 11.3 Å². The maximum Gasteiger partial charge on any atom is 0.189 e. The second kappa shape index (κ2) is 6.32. The van der Waals surface area contributed by atoms with Gasteiger partial charge in [-0.1, -0.05) is 6.92 Å². The summed E-state index contributed by atoms with van der Waals surface area (Å²) in [5, 5.41) is 15.1. The van der Waals surface area contributed by atoms with Crippen molar-refractivity contribution in [3.63, 3.8) is 0 Å². The minimum absolute atomic E-state index is 0.670. The standard InChI is InChI=1S/C14H16N4S/c1-3-16-9-12-10-19-14(17-12)18(2)13-6-4-11(8-15)5-7-13/h4-7,10,16H,3,9H2,1-2H3. The second-order valence-electron chi connectivity index (χ2n) is 4.12. The summed E-state index contributed by atoms with van der Waals surface area (Å²) in [6.45, 7) is 3.82. The van der Waals surface area contributed by atoms with Gasteiger partial charge < -0.3 is 10.2 Å². The summed E-state index contributed by atoms with van der Waals surface area (Å²) >= 11 is 1.62. The van der Waals surface area contributed by atoms with Crippen LogP contribution in [0.15, 0.2) is 29.6 Å². The first kappa shape index (κ1) is 13.5. The Bertz CT molecular complexity index is 568. The Morgan fingerprint density at radius 2 is 2.11 bits per heavy atom. The van der Waals surface area contributed by atoms with Gasteiger partial charge in [-0.3, -0.25) is 0 Å². The normalized spacial score (nSPS) is 10.2. The van der Waals surface area contributed by atoms with Crippen LogP contribution in [0.3, 0.4) is 0 Å². The van der Waals surface area contributed by atoms with Crippen molar-refractivity contribution < 1.29 is 0 Å². The van der Waals surface area contributed by atoms with Gasteiger partial charge in [-0.25, -0.2) is 4.98 Å². The lowest BCUT2D eigenvalue weighted by atomic mass is 10.2. The zero-order valence-electron chi connectivity index (χ0n) is 11.1. The van der Waals surface area contributed by atoms with E-state index in [2.05, 4.69) is 28.7 Å². The molecule has 0 aliphatic heterocycles. The highest BCUT2D eigenvalue weighted by Crippen LogP contribution is 2.26. The molecule has 2 rings (SSSR count). The third-order valence-electron chi connectivity index (χ3n) is 2.77. The van der Waals surface area contributed by atoms with Gasteiger partial charge in [0.15, 0.2) is 5.13 Å². The van der Waals surface area contributed by atoms with Crippen LogP contribution in [0.1, 0.15) is 18.2 Å². The molecule has 0 radical (unpaired) electrons. The molecule has 0 amide bonds. The van der Waals surface area contributed by atoms with Gasteiger partial charge in [0.2, 0.25) is 0 Å². The molecule has 19 heavy (non-hydrogen) atoms. The fourth-order valence-corrected chi connectivity index (χ4v) is 2.47. The Kier molecular flexibility index (Phi) is 4.50. The summed E-state index contributed by atoms with van der Waals surface area (Å²) in [4.78, 5) is 6.61. The van der Waals surface area contributed by atoms with E-state index >= 15 is 0 Å². The van der Waals surface area contributed by atoms with E-state index in [1.807, 2.05) is 36.2 Å². The van der Waals surface area contributed by atoms with Crippen LogP contribution < -0.4 is 10.2 Å². The minimum atomic E-state index is 0.670. The molecule has 0 fully saturated rings. The van der Waals surface area contributed by atoms with Gasteiger partial charge in [-0.05, 0) is 30.8 Å². The molecule has 1 N–H and O–H groups in total. The first-order valence-electron chi connectivity index (χ1n) is 6.13. The van der Waals surface area contributed by atoms with Crippen LogP contribution in [-0.2, 0) is 6.54 Å². The number of hydrogen-bond acceptors (Lipinski definition) is 5. The van der Waals surface area contributed by atoms with Crippen LogP contribution in [0.5, 0.6) is 0 Å². The number of rotatable bonds is 5. The van der Waals surface area contributed by atoms with Crippen LogP contribution in [-0.4, -0.2) is 18.6 Å². The summed E-state index contributed by atoms with van der Waals surface area (Å²) in [6, 6.07) is 9.63. The summed E-state index contributed by atoms with van der Waals surface area (Å²) in [7, 11) is 1.98. The van der Waals surface area contributed by atoms with Crippen LogP contribution in [0.2, 0.25) is 0 Å². The van der Waals surface area contributed by atoms with E-state index in [0.717, 1.165) is 29.6 Å². The smallest absolute Gasteiger partial charge is 0.189 e. The lowest BCUT2D eigenvalue weighted by Gasteiger charge is -2.15. The van der Waals surface area contributed by atoms with Crippen molar-refractivity contribution in [3.05, 3.63) is 40.9 Å². The molecule has 0 aliphatic rings. The molecule has 98 valence electrons. The molecule has 0 atom stereocenters. The molecular formula is C14H16N4S. The SMILES string of the molecule is CCNCc1csc(N(C)c2ccc(C#N)cc2)n1. The van der Waals surface area contributed by atoms with Crippen molar-refractivity contribution >= 4 is 22.2 Å². The molecule has 0 aliphatic carbocycles. The largest absolute Gasteiger partial charge is 0.321 e. The van der Waals surface area contributed by atoms with Gasteiger partial charge >= 0.3 is 0 Å². The number of nitrogens with one attached hydrogen (secondary N) is 1. The first-order valence-corrected chi connectivity index (χ1v) is 7.01. The van der Waals surface area contributed by atoms with E-state index in [4.69, 9.17) is 5.26 Å². The predicted molar refractivity (Wildman–Crippen MR) is 78.7 cm³/mol. The maximum absolute atomic E-state index is 8.79. The highest BCUT2D eigenvalue weighted by molar-refractivity contribution is 7.13. The minimum Gasteiger partial charge on any atom is -0.321 e. The Hall–Kier alpha value is -1.90. The molecule has 0 saturated carbocycles. The fraction of sp³-hybridized carbons (Fsp3) is 0.286. The molecule has 2 aromatic rings. The van der Waals surface area contributed by atoms with E-state index in [1.54, 1.807) is 11.3 Å². The lowest BCUT2D eigenvalue weighted by Crippen LogP contribution is -2.13. The fourth-order valence-electron chi connectivity index (χ4n) is 1.65. The summed E-state index contributed by atoms with van der Waals surface area (Å²) in [5.41, 5.74) is 2.76. The van der Waals surface area contributed by atoms with Crippen molar-refractivity contribution in [2.45, 2.75) is 13.5 Å². The highest BCUT2D eigenvalue weighted by atomic mass is 32.1. The number of benzene rings is 1. The Morgan fingerprint density at radius 3 is 2.74 bits per heavy atom. The molecule has 1 aromatic heterocycles. The topological polar surface area (TPSA) is 52.0 Å². The van der Waals surface area contributed by atoms with E-state index in [1.165, 1.54) is 0 Å². The van der Waals surface area contributed by atoms with Crippen LogP contribution in [0.25, 0.3) is 0 Å². The number of hydrogen-bond donors (Lipinski definition) is 1. The number of nitriles is 1. The Balaban J connectivity index is 2.11. The molecule has 0 unspecified atom stereocenters. The Labute approximate surface area is 117 Å². The summed E-state index contributed by atoms with van der Waals surface area (Å²) in [6.07, 6.45) is 0. The quantitative estimate of drug-likeness (QED) is 0.909. The molecule has 0 saturated heterocycles. The predicted octanol–water partition coefficient (Wildman–Crippen LogP) is 2.89. The van der Waals surface area contributed by atoms with Gasteiger partial charge in [0.25, 0.3) is 0 Å². The molecular weight excluding hydrogens is 256 g/mol. The summed E-state index contributed by atoms with van der Waals surface area (Å²) < 4.78 is 0. The van der Waals surface area contributed by atoms with Crippen LogP contribution in [0.4, 0.5) is 10.8 Å². The van der Waals surface area contributed by atoms with Crippen molar-refractivity contribution in [2.24, 2.45) is 0 Å². The van der Waals surface area contributed by atoms with Gasteiger partial charge in [0.1, 0.15) is 0 Å². The highest BCUT2D eigenvalue weighted by Gasteiger charge is 2.08. The Morgan fingerprint density at radius 1 is 1.37 bits per heavy atom. The van der Waals surface area contributed by atoms with Crippen molar-refractivity contribution in [1.82, 2.24) is 10.3 Å². The molecule has 1 aromatic carbocycles. The van der Waals surface area contributed by atoms with Crippen molar-refractivity contribution in [2.75, 3.05) is 18.5 Å². The van der Waals surface area contributed by atoms with Crippen LogP contribution in [0, 0.1) is 11.3 Å². The second-order valence-corrected chi connectivity index (χ2v) is 4.96. The van der Waals surface area contributed by atoms with Crippen molar-refractivity contribution in [3.8, 4) is 6.07 Å².